The van der Waals surface area contributed by atoms with Gasteiger partial charge in [0.1, 0.15) is 30.0 Å². The minimum absolute atomic E-state index is 0.195. The van der Waals surface area contributed by atoms with E-state index in [2.05, 4.69) is 5.32 Å². The summed E-state index contributed by atoms with van der Waals surface area (Å²) in [5.41, 5.74) is 0.207. The summed E-state index contributed by atoms with van der Waals surface area (Å²) in [6.07, 6.45) is 0.996. The molecule has 1 amide bonds. The smallest absolute Gasteiger partial charge is 0.243 e. The summed E-state index contributed by atoms with van der Waals surface area (Å²) in [5, 5.41) is 2.74. The number of nitrogens with zero attached hydrogens (tertiary/aromatic N) is 1. The van der Waals surface area contributed by atoms with Crippen molar-refractivity contribution >= 4 is 21.6 Å². The van der Waals surface area contributed by atoms with Crippen molar-refractivity contribution in [2.45, 2.75) is 25.9 Å². The molecule has 2 aromatic carbocycles. The van der Waals surface area contributed by atoms with Crippen LogP contribution >= 0.6 is 0 Å². The van der Waals surface area contributed by atoms with Gasteiger partial charge in [0.25, 0.3) is 0 Å². The highest BCUT2D eigenvalue weighted by molar-refractivity contribution is 7.92. The van der Waals surface area contributed by atoms with Gasteiger partial charge in [-0.25, -0.2) is 12.8 Å². The Bertz CT molecular complexity index is 917. The molecule has 0 aliphatic heterocycles. The van der Waals surface area contributed by atoms with Gasteiger partial charge in [-0.05, 0) is 62.4 Å². The fourth-order valence-electron chi connectivity index (χ4n) is 2.70. The van der Waals surface area contributed by atoms with Crippen LogP contribution in [-0.4, -0.2) is 46.4 Å². The van der Waals surface area contributed by atoms with Gasteiger partial charge in [-0.2, -0.15) is 0 Å². The first-order chi connectivity index (χ1) is 13.6. The Kier molecular flexibility index (Phi) is 7.44. The molecule has 0 saturated heterocycles. The Morgan fingerprint density at radius 3 is 2.14 bits per heavy atom. The third kappa shape index (κ3) is 6.35. The molecule has 0 bridgehead atoms. The molecule has 2 aromatic rings. The van der Waals surface area contributed by atoms with Crippen molar-refractivity contribution in [3.63, 3.8) is 0 Å². The lowest BCUT2D eigenvalue weighted by molar-refractivity contribution is -0.122. The average Bonchev–Trinajstić information content (AvgIpc) is 2.67. The molecule has 0 radical (unpaired) electrons. The molecule has 0 heterocycles. The van der Waals surface area contributed by atoms with Crippen molar-refractivity contribution in [3.8, 4) is 11.5 Å². The second-order valence-corrected chi connectivity index (χ2v) is 8.47. The molecule has 9 heteroatoms. The van der Waals surface area contributed by atoms with Crippen molar-refractivity contribution in [2.24, 2.45) is 0 Å². The zero-order valence-electron chi connectivity index (χ0n) is 16.8. The lowest BCUT2D eigenvalue weighted by atomic mass is 10.2. The molecule has 1 N–H and O–H groups in total. The van der Waals surface area contributed by atoms with Gasteiger partial charge in [0.2, 0.25) is 15.9 Å². The summed E-state index contributed by atoms with van der Waals surface area (Å²) in [5.74, 6) is 0.326. The van der Waals surface area contributed by atoms with E-state index in [1.165, 1.54) is 19.1 Å². The maximum Gasteiger partial charge on any atom is 0.243 e. The Labute approximate surface area is 170 Å². The number of carbonyl (C=O) groups is 1. The van der Waals surface area contributed by atoms with Gasteiger partial charge >= 0.3 is 0 Å². The van der Waals surface area contributed by atoms with Gasteiger partial charge in [0.15, 0.2) is 0 Å². The Hall–Kier alpha value is -2.81. The van der Waals surface area contributed by atoms with E-state index >= 15 is 0 Å². The van der Waals surface area contributed by atoms with Crippen LogP contribution in [0, 0.1) is 5.82 Å². The van der Waals surface area contributed by atoms with E-state index in [1.807, 2.05) is 0 Å². The number of anilines is 1. The maximum absolute atomic E-state index is 13.2. The topological polar surface area (TPSA) is 84.9 Å². The van der Waals surface area contributed by atoms with Crippen LogP contribution < -0.4 is 19.1 Å². The molecule has 2 rings (SSSR count). The fourth-order valence-corrected chi connectivity index (χ4v) is 3.87. The van der Waals surface area contributed by atoms with Gasteiger partial charge in [-0.15, -0.1) is 0 Å². The number of sulfonamides is 1. The maximum atomic E-state index is 13.2. The summed E-state index contributed by atoms with van der Waals surface area (Å²) >= 11 is 0. The number of amides is 1. The van der Waals surface area contributed by atoms with Crippen LogP contribution in [0.25, 0.3) is 0 Å². The highest BCUT2D eigenvalue weighted by atomic mass is 32.2. The molecule has 0 aromatic heterocycles. The first kappa shape index (κ1) is 22.5. The quantitative estimate of drug-likeness (QED) is 0.669. The van der Waals surface area contributed by atoms with E-state index in [0.717, 1.165) is 22.7 Å². The average molecular weight is 424 g/mol. The molecule has 0 fully saturated rings. The van der Waals surface area contributed by atoms with Gasteiger partial charge < -0.3 is 14.8 Å². The number of hydrogen-bond acceptors (Lipinski definition) is 5. The molecule has 0 aliphatic rings. The summed E-state index contributed by atoms with van der Waals surface area (Å²) in [4.78, 5) is 12.6. The van der Waals surface area contributed by atoms with E-state index in [4.69, 9.17) is 9.47 Å². The first-order valence-corrected chi connectivity index (χ1v) is 10.8. The fraction of sp³-hybridized carbons (Fsp3) is 0.350. The molecule has 0 aliphatic carbocycles. The lowest BCUT2D eigenvalue weighted by Gasteiger charge is -2.29. The van der Waals surface area contributed by atoms with Crippen molar-refractivity contribution < 1.29 is 27.1 Å². The van der Waals surface area contributed by atoms with Crippen molar-refractivity contribution in [3.05, 3.63) is 54.3 Å². The number of halogens is 1. The minimum atomic E-state index is -3.77. The van der Waals surface area contributed by atoms with E-state index in [1.54, 1.807) is 38.3 Å². The summed E-state index contributed by atoms with van der Waals surface area (Å²) in [7, 11) is -2.20. The van der Waals surface area contributed by atoms with E-state index in [9.17, 15) is 17.6 Å². The summed E-state index contributed by atoms with van der Waals surface area (Å²) < 4.78 is 49.3. The number of ether oxygens (including phenoxy) is 2. The van der Waals surface area contributed by atoms with Crippen LogP contribution in [0.2, 0.25) is 0 Å². The van der Waals surface area contributed by atoms with Crippen molar-refractivity contribution in [2.75, 3.05) is 24.3 Å². The second kappa shape index (κ2) is 9.60. The van der Waals surface area contributed by atoms with Crippen LogP contribution in [0.4, 0.5) is 10.1 Å². The Morgan fingerprint density at radius 1 is 1.07 bits per heavy atom. The standard InChI is InChI=1S/C20H25FN2O5S/c1-14(13-28-19-11-9-18(27-3)10-12-19)22-20(24)15(2)23(29(4,25)26)17-7-5-16(21)6-8-17/h5-12,14-15H,13H2,1-4H3,(H,22,24)/t14-,15+/m1/s1. The predicted molar refractivity (Wildman–Crippen MR) is 109 cm³/mol. The van der Waals surface area contributed by atoms with E-state index in [-0.39, 0.29) is 18.3 Å². The Morgan fingerprint density at radius 2 is 1.62 bits per heavy atom. The molecule has 7 nitrogen and oxygen atoms in total. The normalized spacial score (nSPS) is 13.3. The van der Waals surface area contributed by atoms with Crippen LogP contribution in [-0.2, 0) is 14.8 Å². The van der Waals surface area contributed by atoms with E-state index in [0.29, 0.717) is 11.5 Å². The zero-order valence-corrected chi connectivity index (χ0v) is 17.6. The Balaban J connectivity index is 2.01. The summed E-state index contributed by atoms with van der Waals surface area (Å²) in [6.45, 7) is 3.41. The monoisotopic (exact) mass is 424 g/mol. The number of rotatable bonds is 9. The highest BCUT2D eigenvalue weighted by Crippen LogP contribution is 2.21. The molecule has 0 spiro atoms. The second-order valence-electron chi connectivity index (χ2n) is 6.61. The van der Waals surface area contributed by atoms with Crippen LogP contribution in [0.15, 0.2) is 48.5 Å². The molecule has 2 atom stereocenters. The zero-order chi connectivity index (χ0) is 21.6. The van der Waals surface area contributed by atoms with Gasteiger partial charge in [0, 0.05) is 0 Å². The number of hydrogen-bond donors (Lipinski definition) is 1. The van der Waals surface area contributed by atoms with Gasteiger partial charge in [0.05, 0.1) is 25.1 Å². The molecular weight excluding hydrogens is 399 g/mol. The van der Waals surface area contributed by atoms with Crippen LogP contribution in [0.5, 0.6) is 11.5 Å². The summed E-state index contributed by atoms with van der Waals surface area (Å²) in [6, 6.07) is 10.5. The molecule has 0 unspecified atom stereocenters. The van der Waals surface area contributed by atoms with Gasteiger partial charge in [-0.1, -0.05) is 0 Å². The van der Waals surface area contributed by atoms with Crippen LogP contribution in [0.1, 0.15) is 13.8 Å². The number of methoxy groups -OCH3 is 1. The lowest BCUT2D eigenvalue weighted by Crippen LogP contribution is -2.50. The molecule has 0 saturated carbocycles. The van der Waals surface area contributed by atoms with E-state index < -0.39 is 27.8 Å². The molecule has 158 valence electrons. The third-order valence-corrected chi connectivity index (χ3v) is 5.36. The highest BCUT2D eigenvalue weighted by Gasteiger charge is 2.29. The number of nitrogens with one attached hydrogen (secondary N) is 1. The molecular formula is C20H25FN2O5S. The van der Waals surface area contributed by atoms with Crippen LogP contribution in [0.3, 0.4) is 0 Å². The predicted octanol–water partition coefficient (Wildman–Crippen LogP) is 2.57. The first-order valence-electron chi connectivity index (χ1n) is 8.94. The number of benzene rings is 2. The van der Waals surface area contributed by atoms with Crippen molar-refractivity contribution in [1.29, 1.82) is 0 Å². The minimum Gasteiger partial charge on any atom is -0.497 e. The largest absolute Gasteiger partial charge is 0.497 e. The van der Waals surface area contributed by atoms with Gasteiger partial charge in [-0.3, -0.25) is 9.10 Å². The van der Waals surface area contributed by atoms with Crippen molar-refractivity contribution in [1.82, 2.24) is 5.32 Å². The SMILES string of the molecule is COc1ccc(OC[C@@H](C)NC(=O)[C@H](C)N(c2ccc(F)cc2)S(C)(=O)=O)cc1. The molecule has 29 heavy (non-hydrogen) atoms. The third-order valence-electron chi connectivity index (χ3n) is 4.12. The number of carbonyl (C=O) groups excluding carboxylic acids is 1.